The largest absolute Gasteiger partial charge is 0.368 e. The van der Waals surface area contributed by atoms with Gasteiger partial charge in [0.05, 0.1) is 6.54 Å². The Hall–Kier alpha value is -4.13. The van der Waals surface area contributed by atoms with Crippen LogP contribution in [0.3, 0.4) is 0 Å². The first-order valence-corrected chi connectivity index (χ1v) is 14.3. The van der Waals surface area contributed by atoms with Crippen molar-refractivity contribution in [1.29, 1.82) is 0 Å². The summed E-state index contributed by atoms with van der Waals surface area (Å²) in [4.78, 5) is 38.1. The average molecular weight is 541 g/mol. The fourth-order valence-electron chi connectivity index (χ4n) is 5.53. The molecule has 2 aliphatic rings. The van der Waals surface area contributed by atoms with Crippen molar-refractivity contribution >= 4 is 24.0 Å². The van der Waals surface area contributed by atoms with Gasteiger partial charge in [-0.1, -0.05) is 92.1 Å². The van der Waals surface area contributed by atoms with Gasteiger partial charge in [-0.3, -0.25) is 14.5 Å². The first-order chi connectivity index (χ1) is 19.6. The van der Waals surface area contributed by atoms with E-state index in [0.717, 1.165) is 37.5 Å². The molecule has 1 atom stereocenters. The Kier molecular flexibility index (Phi) is 10.7. The van der Waals surface area contributed by atoms with Gasteiger partial charge in [-0.15, -0.1) is 0 Å². The van der Waals surface area contributed by atoms with Crippen LogP contribution >= 0.6 is 0 Å². The van der Waals surface area contributed by atoms with Gasteiger partial charge in [-0.2, -0.15) is 0 Å². The third-order valence-corrected chi connectivity index (χ3v) is 7.72. The highest BCUT2D eigenvalue weighted by atomic mass is 16.2. The number of anilines is 1. The normalized spacial score (nSPS) is 15.8. The molecule has 7 nitrogen and oxygen atoms in total. The molecule has 40 heavy (non-hydrogen) atoms. The molecule has 1 aliphatic carbocycles. The number of amides is 4. The van der Waals surface area contributed by atoms with Gasteiger partial charge >= 0.3 is 6.03 Å². The molecular weight excluding hydrogens is 500 g/mol. The number of benzene rings is 3. The summed E-state index contributed by atoms with van der Waals surface area (Å²) in [5, 5.41) is 2.34. The summed E-state index contributed by atoms with van der Waals surface area (Å²) in [5.41, 5.74) is 9.42. The molecule has 210 valence electrons. The number of para-hydroxylation sites is 1. The van der Waals surface area contributed by atoms with Crippen LogP contribution in [0.15, 0.2) is 84.9 Å². The lowest BCUT2D eigenvalue weighted by Crippen LogP contribution is -2.41. The van der Waals surface area contributed by atoms with E-state index in [4.69, 9.17) is 5.73 Å². The number of carbonyl (C=O) groups excluding carboxylic acids is 3. The molecule has 3 aromatic carbocycles. The van der Waals surface area contributed by atoms with Crippen LogP contribution in [0.2, 0.25) is 0 Å². The molecule has 4 amide bonds. The lowest BCUT2D eigenvalue weighted by Gasteiger charge is -2.28. The molecule has 1 saturated carbocycles. The molecule has 0 spiro atoms. The summed E-state index contributed by atoms with van der Waals surface area (Å²) in [5.74, 6) is 0.155. The lowest BCUT2D eigenvalue weighted by atomic mass is 9.84. The van der Waals surface area contributed by atoms with Crippen molar-refractivity contribution in [3.05, 3.63) is 102 Å². The Balaban J connectivity index is 0.000000240. The molecule has 1 unspecified atom stereocenters. The monoisotopic (exact) mass is 540 g/mol. The standard InChI is InChI=1S/C24H30N2O.C9H10N2O2/c27-24(25-17-7-8-18-25)26(23-11-5-2-6-12-23)19-20-13-15-22(16-14-20)21-9-3-1-4-10-21;10-9(13)8(11-6-12)7-4-2-1-3-5-7/h2,5-6,11-16,21H,1,3-4,7-10,17-19H2;1-6,8H,(H2,10,13)(H,11,12). The minimum absolute atomic E-state index is 0.134. The van der Waals surface area contributed by atoms with Gasteiger partial charge in [0.15, 0.2) is 0 Å². The van der Waals surface area contributed by atoms with Crippen molar-refractivity contribution < 1.29 is 14.4 Å². The van der Waals surface area contributed by atoms with Crippen LogP contribution < -0.4 is 16.0 Å². The molecule has 2 fully saturated rings. The van der Waals surface area contributed by atoms with E-state index < -0.39 is 11.9 Å². The number of carbonyl (C=O) groups is 3. The second-order valence-corrected chi connectivity index (χ2v) is 10.5. The van der Waals surface area contributed by atoms with Crippen molar-refractivity contribution in [2.75, 3.05) is 18.0 Å². The quantitative estimate of drug-likeness (QED) is 0.348. The minimum atomic E-state index is -0.737. The minimum Gasteiger partial charge on any atom is -0.368 e. The maximum absolute atomic E-state index is 13.1. The van der Waals surface area contributed by atoms with Crippen LogP contribution in [-0.4, -0.2) is 36.3 Å². The van der Waals surface area contributed by atoms with Gasteiger partial charge < -0.3 is 16.0 Å². The topological polar surface area (TPSA) is 95.7 Å². The zero-order chi connectivity index (χ0) is 28.2. The molecule has 5 rings (SSSR count). The Morgan fingerprint density at radius 1 is 0.850 bits per heavy atom. The highest BCUT2D eigenvalue weighted by Gasteiger charge is 2.25. The molecule has 0 bridgehead atoms. The van der Waals surface area contributed by atoms with E-state index in [2.05, 4.69) is 29.6 Å². The third kappa shape index (κ3) is 7.94. The van der Waals surface area contributed by atoms with E-state index in [1.807, 2.05) is 46.2 Å². The maximum atomic E-state index is 13.1. The number of nitrogens with zero attached hydrogens (tertiary/aromatic N) is 2. The summed E-state index contributed by atoms with van der Waals surface area (Å²) < 4.78 is 0. The van der Waals surface area contributed by atoms with E-state index in [0.29, 0.717) is 18.5 Å². The fourth-order valence-corrected chi connectivity index (χ4v) is 5.53. The molecule has 3 N–H and O–H groups in total. The Morgan fingerprint density at radius 2 is 1.45 bits per heavy atom. The number of primary amides is 1. The van der Waals surface area contributed by atoms with Gasteiger partial charge in [-0.25, -0.2) is 4.79 Å². The van der Waals surface area contributed by atoms with Crippen LogP contribution in [0.5, 0.6) is 0 Å². The van der Waals surface area contributed by atoms with Gasteiger partial charge in [0.1, 0.15) is 6.04 Å². The van der Waals surface area contributed by atoms with Crippen molar-refractivity contribution in [3.8, 4) is 0 Å². The maximum Gasteiger partial charge on any atom is 0.324 e. The Morgan fingerprint density at radius 3 is 2.02 bits per heavy atom. The SMILES string of the molecule is NC(=O)C(NC=O)c1ccccc1.O=C(N1CCCC1)N(Cc1ccc(C2CCCCC2)cc1)c1ccccc1. The van der Waals surface area contributed by atoms with Crippen molar-refractivity contribution in [2.45, 2.75) is 63.5 Å². The smallest absolute Gasteiger partial charge is 0.324 e. The van der Waals surface area contributed by atoms with E-state index in [1.54, 1.807) is 24.3 Å². The summed E-state index contributed by atoms with van der Waals surface area (Å²) in [6, 6.07) is 27.3. The average Bonchev–Trinajstić information content (AvgIpc) is 3.56. The predicted octanol–water partition coefficient (Wildman–Crippen LogP) is 5.92. The second-order valence-electron chi connectivity index (χ2n) is 10.5. The number of rotatable bonds is 8. The van der Waals surface area contributed by atoms with Crippen LogP contribution in [0, 0.1) is 0 Å². The Labute approximate surface area is 237 Å². The van der Waals surface area contributed by atoms with Crippen LogP contribution in [0.1, 0.15) is 73.6 Å². The molecular formula is C33H40N4O3. The van der Waals surface area contributed by atoms with Crippen molar-refractivity contribution in [2.24, 2.45) is 5.73 Å². The molecule has 1 heterocycles. The van der Waals surface area contributed by atoms with Crippen molar-refractivity contribution in [1.82, 2.24) is 10.2 Å². The van der Waals surface area contributed by atoms with Crippen LogP contribution in [-0.2, 0) is 16.1 Å². The highest BCUT2D eigenvalue weighted by Crippen LogP contribution is 2.33. The van der Waals surface area contributed by atoms with Gasteiger partial charge in [0.25, 0.3) is 0 Å². The van der Waals surface area contributed by atoms with E-state index >= 15 is 0 Å². The highest BCUT2D eigenvalue weighted by molar-refractivity contribution is 5.92. The number of nitrogens with one attached hydrogen (secondary N) is 1. The summed E-state index contributed by atoms with van der Waals surface area (Å²) in [7, 11) is 0. The summed E-state index contributed by atoms with van der Waals surface area (Å²) in [6.45, 7) is 2.38. The second kappa shape index (κ2) is 14.9. The molecule has 1 aliphatic heterocycles. The van der Waals surface area contributed by atoms with Gasteiger partial charge in [0.2, 0.25) is 12.3 Å². The van der Waals surface area contributed by atoms with Gasteiger partial charge in [-0.05, 0) is 60.4 Å². The lowest BCUT2D eigenvalue weighted by molar-refractivity contribution is -0.122. The van der Waals surface area contributed by atoms with E-state index in [-0.39, 0.29) is 6.03 Å². The summed E-state index contributed by atoms with van der Waals surface area (Å²) >= 11 is 0. The van der Waals surface area contributed by atoms with Crippen molar-refractivity contribution in [3.63, 3.8) is 0 Å². The Bertz CT molecular complexity index is 1210. The number of hydrogen-bond donors (Lipinski definition) is 2. The first-order valence-electron chi connectivity index (χ1n) is 14.3. The summed E-state index contributed by atoms with van der Waals surface area (Å²) in [6.07, 6.45) is 9.44. The van der Waals surface area contributed by atoms with E-state index in [9.17, 15) is 14.4 Å². The number of likely N-dealkylation sites (tertiary alicyclic amines) is 1. The molecule has 1 saturated heterocycles. The molecule has 0 radical (unpaired) electrons. The van der Waals surface area contributed by atoms with E-state index in [1.165, 1.54) is 43.2 Å². The zero-order valence-corrected chi connectivity index (χ0v) is 23.1. The number of hydrogen-bond acceptors (Lipinski definition) is 3. The fraction of sp³-hybridized carbons (Fsp3) is 0.364. The van der Waals surface area contributed by atoms with Gasteiger partial charge in [0, 0.05) is 18.8 Å². The third-order valence-electron chi connectivity index (χ3n) is 7.72. The number of nitrogens with two attached hydrogens (primary N) is 1. The molecule has 7 heteroatoms. The van der Waals surface area contributed by atoms with Crippen LogP contribution in [0.4, 0.5) is 10.5 Å². The van der Waals surface area contributed by atoms with Crippen LogP contribution in [0.25, 0.3) is 0 Å². The molecule has 0 aromatic heterocycles. The molecule has 3 aromatic rings. The zero-order valence-electron chi connectivity index (χ0n) is 23.1. The number of urea groups is 1. The predicted molar refractivity (Wildman–Crippen MR) is 159 cm³/mol. The first kappa shape index (κ1) is 28.9.